The van der Waals surface area contributed by atoms with Crippen molar-refractivity contribution in [3.8, 4) is 5.75 Å². The zero-order valence-electron chi connectivity index (χ0n) is 18.6. The van der Waals surface area contributed by atoms with Crippen molar-refractivity contribution >= 4 is 39.1 Å². The van der Waals surface area contributed by atoms with Crippen molar-refractivity contribution in [3.05, 3.63) is 42.5 Å². The third kappa shape index (κ3) is 5.22. The predicted octanol–water partition coefficient (Wildman–Crippen LogP) is 4.64. The van der Waals surface area contributed by atoms with E-state index in [0.717, 1.165) is 18.5 Å². The van der Waals surface area contributed by atoms with Crippen LogP contribution in [0.2, 0.25) is 0 Å². The van der Waals surface area contributed by atoms with Crippen LogP contribution in [-0.2, 0) is 14.8 Å². The number of hydrogen-bond acceptors (Lipinski definition) is 6. The molecule has 3 rings (SSSR count). The van der Waals surface area contributed by atoms with Gasteiger partial charge in [-0.15, -0.1) is 11.8 Å². The lowest BCUT2D eigenvalue weighted by Crippen LogP contribution is -2.52. The number of nitrogens with one attached hydrogen (secondary N) is 1. The van der Waals surface area contributed by atoms with Crippen LogP contribution in [-0.4, -0.2) is 44.4 Å². The van der Waals surface area contributed by atoms with Gasteiger partial charge in [0.25, 0.3) is 0 Å². The number of fused-ring (bicyclic) bond motifs is 1. The largest absolute Gasteiger partial charge is 0.481 e. The maximum atomic E-state index is 13.6. The first-order valence-electron chi connectivity index (χ1n) is 10.7. The summed E-state index contributed by atoms with van der Waals surface area (Å²) in [7, 11) is -3.88. The fourth-order valence-electron chi connectivity index (χ4n) is 3.97. The zero-order valence-corrected chi connectivity index (χ0v) is 20.3. The highest BCUT2D eigenvalue weighted by molar-refractivity contribution is 7.98. The number of aliphatic carboxylic acids is 1. The maximum Gasteiger partial charge on any atom is 0.341 e. The Morgan fingerprint density at radius 2 is 1.97 bits per heavy atom. The van der Waals surface area contributed by atoms with E-state index in [1.165, 1.54) is 17.8 Å². The van der Waals surface area contributed by atoms with E-state index in [2.05, 4.69) is 11.6 Å². The minimum absolute atomic E-state index is 0.0892. The summed E-state index contributed by atoms with van der Waals surface area (Å²) in [5, 5.41) is 9.03. The molecule has 0 aromatic heterocycles. The number of unbranched alkanes of at least 4 members (excludes halogenated alkanes) is 1. The van der Waals surface area contributed by atoms with Crippen LogP contribution in [0, 0.1) is 0 Å². The number of carboxylic acid groups (broad SMARTS) is 1. The molecule has 9 heteroatoms. The van der Waals surface area contributed by atoms with Crippen LogP contribution in [0.3, 0.4) is 0 Å². The fraction of sp³-hybridized carbons (Fsp3) is 0.435. The molecule has 0 bridgehead atoms. The lowest BCUT2D eigenvalue weighted by Gasteiger charge is -2.36. The standard InChI is InChI=1S/C23H30N2O5S2/c1-4-6-12-23(5-2)16-25(17-10-8-7-9-11-17)18-13-20(31-3)19(30-15-22(26)27)14-21(18)32(28,29)24-23/h7-11,13-14,24H,4-6,12,15-16H2,1-3H3,(H,26,27). The Kier molecular flexibility index (Phi) is 7.74. The van der Waals surface area contributed by atoms with E-state index in [1.807, 2.05) is 48.4 Å². The van der Waals surface area contributed by atoms with Crippen molar-refractivity contribution < 1.29 is 23.1 Å². The molecule has 32 heavy (non-hydrogen) atoms. The molecule has 0 amide bonds. The van der Waals surface area contributed by atoms with Crippen molar-refractivity contribution in [2.24, 2.45) is 0 Å². The Bertz CT molecular complexity index is 1060. The molecule has 0 saturated carbocycles. The van der Waals surface area contributed by atoms with Crippen molar-refractivity contribution in [2.45, 2.75) is 54.9 Å². The van der Waals surface area contributed by atoms with Gasteiger partial charge in [0.1, 0.15) is 10.6 Å². The van der Waals surface area contributed by atoms with Gasteiger partial charge in [-0.05, 0) is 37.3 Å². The summed E-state index contributed by atoms with van der Waals surface area (Å²) < 4.78 is 35.6. The summed E-state index contributed by atoms with van der Waals surface area (Å²) in [6, 6.07) is 13.0. The Morgan fingerprint density at radius 1 is 1.25 bits per heavy atom. The van der Waals surface area contributed by atoms with Gasteiger partial charge in [0.15, 0.2) is 6.61 Å². The lowest BCUT2D eigenvalue weighted by atomic mass is 9.89. The normalized spacial score (nSPS) is 19.8. The molecular weight excluding hydrogens is 448 g/mol. The second-order valence-electron chi connectivity index (χ2n) is 7.92. The highest BCUT2D eigenvalue weighted by Crippen LogP contribution is 2.43. The Hall–Kier alpha value is -2.23. The molecule has 2 aromatic carbocycles. The van der Waals surface area contributed by atoms with Crippen LogP contribution in [0.15, 0.2) is 52.3 Å². The van der Waals surface area contributed by atoms with Gasteiger partial charge >= 0.3 is 5.97 Å². The number of sulfonamides is 1. The van der Waals surface area contributed by atoms with Gasteiger partial charge in [-0.3, -0.25) is 0 Å². The number of carboxylic acids is 1. The molecule has 174 valence electrons. The Morgan fingerprint density at radius 3 is 2.56 bits per heavy atom. The molecular formula is C23H30N2O5S2. The van der Waals surface area contributed by atoms with Crippen LogP contribution in [0.4, 0.5) is 11.4 Å². The smallest absolute Gasteiger partial charge is 0.341 e. The van der Waals surface area contributed by atoms with Crippen molar-refractivity contribution in [1.82, 2.24) is 4.72 Å². The van der Waals surface area contributed by atoms with Gasteiger partial charge < -0.3 is 14.7 Å². The zero-order chi connectivity index (χ0) is 23.4. The number of rotatable bonds is 9. The van der Waals surface area contributed by atoms with Crippen LogP contribution in [0.25, 0.3) is 0 Å². The number of carbonyl (C=O) groups is 1. The first-order chi connectivity index (χ1) is 15.2. The van der Waals surface area contributed by atoms with Gasteiger partial charge in [-0.25, -0.2) is 17.9 Å². The lowest BCUT2D eigenvalue weighted by molar-refractivity contribution is -0.139. The van der Waals surface area contributed by atoms with Gasteiger partial charge in [-0.2, -0.15) is 0 Å². The molecule has 0 aliphatic carbocycles. The molecule has 0 fully saturated rings. The van der Waals surface area contributed by atoms with Gasteiger partial charge in [-0.1, -0.05) is 44.9 Å². The molecule has 1 aliphatic rings. The summed E-state index contributed by atoms with van der Waals surface area (Å²) in [4.78, 5) is 13.9. The quantitative estimate of drug-likeness (QED) is 0.507. The second-order valence-corrected chi connectivity index (χ2v) is 10.4. The fourth-order valence-corrected chi connectivity index (χ4v) is 6.22. The molecule has 1 aliphatic heterocycles. The monoisotopic (exact) mass is 478 g/mol. The maximum absolute atomic E-state index is 13.6. The summed E-state index contributed by atoms with van der Waals surface area (Å²) >= 11 is 1.38. The molecule has 1 heterocycles. The number of hydrogen-bond donors (Lipinski definition) is 2. The third-order valence-corrected chi connectivity index (χ3v) is 8.11. The Labute approximate surface area is 194 Å². The van der Waals surface area contributed by atoms with Crippen molar-refractivity contribution in [1.29, 1.82) is 0 Å². The van der Waals surface area contributed by atoms with Gasteiger partial charge in [0, 0.05) is 18.3 Å². The number of ether oxygens (including phenoxy) is 1. The number of thioether (sulfide) groups is 1. The number of para-hydroxylation sites is 1. The van der Waals surface area contributed by atoms with Crippen LogP contribution in [0.1, 0.15) is 39.5 Å². The van der Waals surface area contributed by atoms with E-state index in [0.29, 0.717) is 30.0 Å². The molecule has 7 nitrogen and oxygen atoms in total. The number of anilines is 2. The van der Waals surface area contributed by atoms with Crippen LogP contribution in [0.5, 0.6) is 5.75 Å². The summed E-state index contributed by atoms with van der Waals surface area (Å²) in [5.41, 5.74) is 0.821. The van der Waals surface area contributed by atoms with Crippen LogP contribution >= 0.6 is 11.8 Å². The van der Waals surface area contributed by atoms with E-state index >= 15 is 0 Å². The van der Waals surface area contributed by atoms with Crippen LogP contribution < -0.4 is 14.4 Å². The first-order valence-corrected chi connectivity index (χ1v) is 13.4. The third-order valence-electron chi connectivity index (χ3n) is 5.74. The molecule has 1 unspecified atom stereocenters. The summed E-state index contributed by atoms with van der Waals surface area (Å²) in [6.07, 6.45) is 5.07. The van der Waals surface area contributed by atoms with E-state index in [-0.39, 0.29) is 10.6 Å². The minimum Gasteiger partial charge on any atom is -0.481 e. The molecule has 0 radical (unpaired) electrons. The molecule has 0 saturated heterocycles. The van der Waals surface area contributed by atoms with Gasteiger partial charge in [0.05, 0.1) is 16.1 Å². The van der Waals surface area contributed by atoms with E-state index in [4.69, 9.17) is 9.84 Å². The highest BCUT2D eigenvalue weighted by Gasteiger charge is 2.41. The molecule has 1 atom stereocenters. The van der Waals surface area contributed by atoms with E-state index < -0.39 is 28.1 Å². The SMILES string of the molecule is CCCCC1(CC)CN(c2ccccc2)c2cc(SC)c(OCC(=O)O)cc2S(=O)(=O)N1. The van der Waals surface area contributed by atoms with E-state index in [1.54, 1.807) is 6.07 Å². The number of nitrogens with zero attached hydrogens (tertiary/aromatic N) is 1. The number of benzene rings is 2. The summed E-state index contributed by atoms with van der Waals surface area (Å²) in [6.45, 7) is 4.04. The van der Waals surface area contributed by atoms with Crippen molar-refractivity contribution in [2.75, 3.05) is 24.3 Å². The first kappa shape index (κ1) is 24.4. The minimum atomic E-state index is -3.88. The second kappa shape index (κ2) is 10.1. The van der Waals surface area contributed by atoms with Crippen molar-refractivity contribution in [3.63, 3.8) is 0 Å². The summed E-state index contributed by atoms with van der Waals surface area (Å²) in [5.74, 6) is -0.877. The predicted molar refractivity (Wildman–Crippen MR) is 128 cm³/mol. The topological polar surface area (TPSA) is 95.9 Å². The molecule has 0 spiro atoms. The molecule has 2 aromatic rings. The molecule has 2 N–H and O–H groups in total. The average molecular weight is 479 g/mol. The Balaban J connectivity index is 2.23. The highest BCUT2D eigenvalue weighted by atomic mass is 32.2. The van der Waals surface area contributed by atoms with E-state index in [9.17, 15) is 13.2 Å². The average Bonchev–Trinajstić information content (AvgIpc) is 2.88. The van der Waals surface area contributed by atoms with Gasteiger partial charge in [0.2, 0.25) is 10.0 Å².